The number of halogens is 3. The Labute approximate surface area is 214 Å². The van der Waals surface area contributed by atoms with Gasteiger partial charge in [-0.2, -0.15) is 13.2 Å². The van der Waals surface area contributed by atoms with Gasteiger partial charge in [0.25, 0.3) is 5.91 Å². The van der Waals surface area contributed by atoms with Crippen LogP contribution in [0.2, 0.25) is 0 Å². The minimum Gasteiger partial charge on any atom is -0.465 e. The fraction of sp³-hybridized carbons (Fsp3) is 0.320. The predicted octanol–water partition coefficient (Wildman–Crippen LogP) is 3.15. The molecule has 2 aromatic carbocycles. The molecule has 1 atom stereocenters. The van der Waals surface area contributed by atoms with Gasteiger partial charge in [-0.15, -0.1) is 0 Å². The lowest BCUT2D eigenvalue weighted by Crippen LogP contribution is -2.58. The third-order valence-electron chi connectivity index (χ3n) is 6.44. The summed E-state index contributed by atoms with van der Waals surface area (Å²) in [5.41, 5.74) is 5.56. The number of aryl methyl sites for hydroxylation is 1. The van der Waals surface area contributed by atoms with Crippen LogP contribution in [0.1, 0.15) is 34.2 Å². The molecule has 0 bridgehead atoms. The van der Waals surface area contributed by atoms with Crippen LogP contribution < -0.4 is 10.6 Å². The molecule has 3 aromatic rings. The Balaban J connectivity index is 1.76. The van der Waals surface area contributed by atoms with Crippen LogP contribution in [0.5, 0.6) is 0 Å². The van der Waals surface area contributed by atoms with Crippen molar-refractivity contribution in [1.29, 1.82) is 0 Å². The zero-order chi connectivity index (χ0) is 27.9. The van der Waals surface area contributed by atoms with Crippen LogP contribution in [0, 0.1) is 12.8 Å². The summed E-state index contributed by atoms with van der Waals surface area (Å²) in [5, 5.41) is 0. The quantitative estimate of drug-likeness (QED) is 0.385. The van der Waals surface area contributed by atoms with Crippen LogP contribution in [0.3, 0.4) is 0 Å². The smallest absolute Gasteiger partial charge is 0.416 e. The van der Waals surface area contributed by atoms with Crippen LogP contribution in [-0.2, 0) is 34.1 Å². The number of urea groups is 1. The van der Waals surface area contributed by atoms with Crippen LogP contribution >= 0.6 is 0 Å². The molecule has 1 aliphatic heterocycles. The Morgan fingerprint density at radius 3 is 2.53 bits per heavy atom. The van der Waals surface area contributed by atoms with Crippen LogP contribution in [0.25, 0.3) is 11.0 Å². The summed E-state index contributed by atoms with van der Waals surface area (Å²) >= 11 is 0. The Kier molecular flexibility index (Phi) is 6.87. The summed E-state index contributed by atoms with van der Waals surface area (Å²) in [6.07, 6.45) is -4.63. The van der Waals surface area contributed by atoms with Gasteiger partial charge in [0.15, 0.2) is 11.7 Å². The molecule has 1 saturated heterocycles. The summed E-state index contributed by atoms with van der Waals surface area (Å²) in [6, 6.07) is 7.27. The average molecular weight is 531 g/mol. The zero-order valence-corrected chi connectivity index (χ0v) is 20.7. The standard InChI is InChI=1S/C25H24F3N5O5/c1-4-38-23(36)16-12-32(15-8-9-19-18(10-15)30-21(20(29)34)31(19)3)24(37)33(22(16)35)11-14-6-5-7-17(13(14)2)25(26,27)28/h5-10,16H,4,11-12H2,1-3H3,(H2,29,34). The first-order valence-electron chi connectivity index (χ1n) is 11.6. The maximum Gasteiger partial charge on any atom is 0.416 e. The zero-order valence-electron chi connectivity index (χ0n) is 20.7. The fourth-order valence-corrected chi connectivity index (χ4v) is 4.46. The number of imide groups is 1. The molecule has 0 aliphatic carbocycles. The van der Waals surface area contributed by atoms with Crippen molar-refractivity contribution in [3.63, 3.8) is 0 Å². The van der Waals surface area contributed by atoms with Gasteiger partial charge in [-0.25, -0.2) is 9.78 Å². The number of carbonyl (C=O) groups is 4. The van der Waals surface area contributed by atoms with Crippen LogP contribution in [-0.4, -0.2) is 51.4 Å². The number of amides is 4. The van der Waals surface area contributed by atoms with E-state index < -0.39 is 48.0 Å². The maximum absolute atomic E-state index is 13.5. The number of rotatable bonds is 6. The number of nitrogens with zero attached hydrogens (tertiary/aromatic N) is 4. The van der Waals surface area contributed by atoms with Gasteiger partial charge in [-0.1, -0.05) is 12.1 Å². The van der Waals surface area contributed by atoms with Gasteiger partial charge in [-0.3, -0.25) is 24.2 Å². The van der Waals surface area contributed by atoms with Gasteiger partial charge < -0.3 is 15.0 Å². The molecule has 1 aromatic heterocycles. The number of hydrogen-bond acceptors (Lipinski definition) is 6. The molecular formula is C25H24F3N5O5. The lowest BCUT2D eigenvalue weighted by atomic mass is 9.99. The van der Waals surface area contributed by atoms with Gasteiger partial charge in [0.05, 0.1) is 36.3 Å². The van der Waals surface area contributed by atoms with E-state index in [9.17, 15) is 32.3 Å². The van der Waals surface area contributed by atoms with E-state index in [1.807, 2.05) is 0 Å². The van der Waals surface area contributed by atoms with E-state index in [1.54, 1.807) is 26.1 Å². The van der Waals surface area contributed by atoms with E-state index in [-0.39, 0.29) is 35.8 Å². The van der Waals surface area contributed by atoms with Crippen molar-refractivity contribution in [1.82, 2.24) is 14.5 Å². The van der Waals surface area contributed by atoms with Crippen molar-refractivity contribution >= 4 is 40.5 Å². The Morgan fingerprint density at radius 1 is 1.18 bits per heavy atom. The van der Waals surface area contributed by atoms with Crippen molar-refractivity contribution in [3.8, 4) is 0 Å². The van der Waals surface area contributed by atoms with Crippen LogP contribution in [0.15, 0.2) is 36.4 Å². The molecule has 4 rings (SSSR count). The predicted molar refractivity (Wildman–Crippen MR) is 129 cm³/mol. The first-order chi connectivity index (χ1) is 17.8. The number of nitrogens with two attached hydrogens (primary N) is 1. The summed E-state index contributed by atoms with van der Waals surface area (Å²) in [4.78, 5) is 57.2. The fourth-order valence-electron chi connectivity index (χ4n) is 4.46. The van der Waals surface area contributed by atoms with Crippen molar-refractivity contribution in [3.05, 3.63) is 58.9 Å². The van der Waals surface area contributed by atoms with Gasteiger partial charge >= 0.3 is 18.2 Å². The van der Waals surface area contributed by atoms with E-state index in [2.05, 4.69) is 4.98 Å². The summed E-state index contributed by atoms with van der Waals surface area (Å²) in [7, 11) is 1.59. The lowest BCUT2D eigenvalue weighted by Gasteiger charge is -2.37. The molecule has 2 heterocycles. The third-order valence-corrected chi connectivity index (χ3v) is 6.44. The molecule has 13 heteroatoms. The number of alkyl halides is 3. The van der Waals surface area contributed by atoms with E-state index >= 15 is 0 Å². The van der Waals surface area contributed by atoms with Crippen molar-refractivity contribution in [2.24, 2.45) is 18.7 Å². The number of benzene rings is 2. The number of imidazole rings is 1. The van der Waals surface area contributed by atoms with E-state index in [1.165, 1.54) is 29.7 Å². The summed E-state index contributed by atoms with van der Waals surface area (Å²) in [5.74, 6) is -3.91. The highest BCUT2D eigenvalue weighted by molar-refractivity contribution is 6.12. The maximum atomic E-state index is 13.5. The number of esters is 1. The van der Waals surface area contributed by atoms with Crippen molar-refractivity contribution in [2.75, 3.05) is 18.1 Å². The average Bonchev–Trinajstić information content (AvgIpc) is 3.18. The van der Waals surface area contributed by atoms with Gasteiger partial charge in [0, 0.05) is 12.7 Å². The highest BCUT2D eigenvalue weighted by Crippen LogP contribution is 2.34. The normalized spacial score (nSPS) is 16.3. The molecule has 38 heavy (non-hydrogen) atoms. The molecule has 200 valence electrons. The first kappa shape index (κ1) is 26.6. The Morgan fingerprint density at radius 2 is 1.89 bits per heavy atom. The van der Waals surface area contributed by atoms with E-state index in [0.29, 0.717) is 11.0 Å². The SMILES string of the molecule is CCOC(=O)C1CN(c2ccc3c(c2)nc(C(N)=O)n3C)C(=O)N(Cc2cccc(C(F)(F)F)c2C)C1=O. The number of ether oxygens (including phenoxy) is 1. The molecule has 1 aliphatic rings. The number of aromatic nitrogens is 2. The molecular weight excluding hydrogens is 507 g/mol. The number of primary amides is 1. The second kappa shape index (κ2) is 9.80. The Hall–Kier alpha value is -4.42. The third kappa shape index (κ3) is 4.66. The summed E-state index contributed by atoms with van der Waals surface area (Å²) in [6.45, 7) is 1.96. The largest absolute Gasteiger partial charge is 0.465 e. The Bertz CT molecular complexity index is 1470. The second-order valence-electron chi connectivity index (χ2n) is 8.74. The number of hydrogen-bond donors (Lipinski definition) is 1. The van der Waals surface area contributed by atoms with Crippen molar-refractivity contribution in [2.45, 2.75) is 26.6 Å². The van der Waals surface area contributed by atoms with Gasteiger partial charge in [-0.05, 0) is 49.2 Å². The highest BCUT2D eigenvalue weighted by Gasteiger charge is 2.44. The molecule has 4 amide bonds. The summed E-state index contributed by atoms with van der Waals surface area (Å²) < 4.78 is 46.9. The van der Waals surface area contributed by atoms with Gasteiger partial charge in [0.2, 0.25) is 5.91 Å². The molecule has 2 N–H and O–H groups in total. The first-order valence-corrected chi connectivity index (χ1v) is 11.6. The minimum absolute atomic E-state index is 0.0108. The lowest BCUT2D eigenvalue weighted by molar-refractivity contribution is -0.154. The molecule has 0 saturated carbocycles. The number of carbonyl (C=O) groups excluding carboxylic acids is 4. The van der Waals surface area contributed by atoms with E-state index in [4.69, 9.17) is 10.5 Å². The van der Waals surface area contributed by atoms with Crippen LogP contribution in [0.4, 0.5) is 23.7 Å². The molecule has 0 radical (unpaired) electrons. The monoisotopic (exact) mass is 531 g/mol. The number of fused-ring (bicyclic) bond motifs is 1. The minimum atomic E-state index is -4.63. The highest BCUT2D eigenvalue weighted by atomic mass is 19.4. The topological polar surface area (TPSA) is 128 Å². The second-order valence-corrected chi connectivity index (χ2v) is 8.74. The molecule has 1 unspecified atom stereocenters. The van der Waals surface area contributed by atoms with Crippen molar-refractivity contribution < 1.29 is 37.1 Å². The molecule has 1 fully saturated rings. The van der Waals surface area contributed by atoms with Gasteiger partial charge in [0.1, 0.15) is 0 Å². The molecule has 10 nitrogen and oxygen atoms in total. The van der Waals surface area contributed by atoms with E-state index in [0.717, 1.165) is 15.9 Å². The number of anilines is 1. The molecule has 0 spiro atoms.